The summed E-state index contributed by atoms with van der Waals surface area (Å²) in [6.45, 7) is 7.91. The summed E-state index contributed by atoms with van der Waals surface area (Å²) in [5, 5.41) is 6.56. The number of halogens is 4. The Kier molecular flexibility index (Phi) is 9.39. The van der Waals surface area contributed by atoms with E-state index in [1.54, 1.807) is 56.0 Å². The molecule has 1 fully saturated rings. The van der Waals surface area contributed by atoms with Crippen molar-refractivity contribution in [3.63, 3.8) is 0 Å². The van der Waals surface area contributed by atoms with E-state index >= 15 is 0 Å². The summed E-state index contributed by atoms with van der Waals surface area (Å²) >= 11 is 6.08. The average molecular weight is 676 g/mol. The van der Waals surface area contributed by atoms with E-state index in [1.165, 1.54) is 4.57 Å². The summed E-state index contributed by atoms with van der Waals surface area (Å²) in [4.78, 5) is 47.8. The molecule has 1 aliphatic rings. The topological polar surface area (TPSA) is 123 Å². The molecule has 0 spiro atoms. The first-order valence-electron chi connectivity index (χ1n) is 14.8. The molecule has 2 amide bonds. The monoisotopic (exact) mass is 675 g/mol. The smallest absolute Gasteiger partial charge is 0.416 e. The lowest BCUT2D eigenvalue weighted by molar-refractivity contribution is -0.137. The lowest BCUT2D eigenvalue weighted by Crippen LogP contribution is -2.51. The fourth-order valence-corrected chi connectivity index (χ4v) is 5.34. The molecule has 0 unspecified atom stereocenters. The van der Waals surface area contributed by atoms with Gasteiger partial charge in [0.1, 0.15) is 23.6 Å². The maximum Gasteiger partial charge on any atom is 0.416 e. The molecule has 4 aromatic rings. The van der Waals surface area contributed by atoms with E-state index in [2.05, 4.69) is 15.4 Å². The van der Waals surface area contributed by atoms with Crippen LogP contribution in [0.3, 0.4) is 0 Å². The minimum absolute atomic E-state index is 0.0163. The van der Waals surface area contributed by atoms with Crippen molar-refractivity contribution in [1.82, 2.24) is 24.1 Å². The normalized spacial score (nSPS) is 14.0. The molecule has 47 heavy (non-hydrogen) atoms. The highest BCUT2D eigenvalue weighted by Crippen LogP contribution is 2.34. The fraction of sp³-hybridized carbons (Fsp3) is 0.387. The molecular formula is C31H33ClF3N7O5. The van der Waals surface area contributed by atoms with E-state index in [0.717, 1.165) is 22.7 Å². The van der Waals surface area contributed by atoms with E-state index in [4.69, 9.17) is 21.1 Å². The number of hydrogen-bond donors (Lipinski definition) is 1. The minimum atomic E-state index is -4.61. The molecule has 0 radical (unpaired) electrons. The quantitative estimate of drug-likeness (QED) is 0.268. The second-order valence-corrected chi connectivity index (χ2v) is 12.2. The van der Waals surface area contributed by atoms with E-state index in [-0.39, 0.29) is 41.3 Å². The molecule has 250 valence electrons. The number of nitrogens with zero attached hydrogens (tertiary/aromatic N) is 6. The van der Waals surface area contributed by atoms with Gasteiger partial charge in [-0.2, -0.15) is 22.7 Å². The number of rotatable bonds is 7. The third kappa shape index (κ3) is 7.62. The molecule has 1 saturated heterocycles. The van der Waals surface area contributed by atoms with Gasteiger partial charge in [0.25, 0.3) is 5.56 Å². The van der Waals surface area contributed by atoms with E-state index in [0.29, 0.717) is 31.0 Å². The number of aromatic nitrogens is 4. The van der Waals surface area contributed by atoms with Gasteiger partial charge in [0, 0.05) is 26.2 Å². The van der Waals surface area contributed by atoms with Gasteiger partial charge in [-0.1, -0.05) is 36.7 Å². The summed E-state index contributed by atoms with van der Waals surface area (Å²) in [7, 11) is 0. The van der Waals surface area contributed by atoms with Gasteiger partial charge in [-0.15, -0.1) is 5.10 Å². The number of para-hydroxylation sites is 1. The standard InChI is InChI=1S/C31H33ClF3N7O5/c1-5-23-25(39-13-15-40(16-14-39)29(45)47-30(2,3)4)26(44)42-28(37-27(38-42)46-20-9-7-6-8-10-20)41(23)18-24(43)36-22-12-11-19(17-21(22)32)31(33,34)35/h6-12,17H,5,13-16,18H2,1-4H3,(H,36,43). The number of carbonyl (C=O) groups is 2. The molecule has 12 nitrogen and oxygen atoms in total. The molecule has 5 rings (SSSR count). The van der Waals surface area contributed by atoms with Crippen LogP contribution in [0.1, 0.15) is 39.0 Å². The first-order chi connectivity index (χ1) is 22.1. The zero-order chi connectivity index (χ0) is 34.1. The van der Waals surface area contributed by atoms with Crippen molar-refractivity contribution in [1.29, 1.82) is 0 Å². The van der Waals surface area contributed by atoms with E-state index in [1.807, 2.05) is 11.8 Å². The highest BCUT2D eigenvalue weighted by Gasteiger charge is 2.32. The average Bonchev–Trinajstić information content (AvgIpc) is 3.42. The lowest BCUT2D eigenvalue weighted by Gasteiger charge is -2.37. The largest absolute Gasteiger partial charge is 0.444 e. The number of carbonyl (C=O) groups excluding carboxylic acids is 2. The lowest BCUT2D eigenvalue weighted by atomic mass is 10.2. The third-order valence-electron chi connectivity index (χ3n) is 7.21. The Balaban J connectivity index is 1.51. The Bertz CT molecular complexity index is 1850. The first kappa shape index (κ1) is 33.6. The van der Waals surface area contributed by atoms with Crippen molar-refractivity contribution in [3.8, 4) is 11.8 Å². The van der Waals surface area contributed by atoms with Gasteiger partial charge in [0.05, 0.1) is 22.0 Å². The molecule has 0 bridgehead atoms. The van der Waals surface area contributed by atoms with E-state index < -0.39 is 41.4 Å². The Morgan fingerprint density at radius 1 is 1.02 bits per heavy atom. The van der Waals surface area contributed by atoms with Crippen molar-refractivity contribution in [2.75, 3.05) is 36.4 Å². The highest BCUT2D eigenvalue weighted by atomic mass is 35.5. The number of anilines is 2. The number of amides is 2. The summed E-state index contributed by atoms with van der Waals surface area (Å²) in [6, 6.07) is 11.2. The van der Waals surface area contributed by atoms with Gasteiger partial charge in [-0.3, -0.25) is 9.59 Å². The number of fused-ring (bicyclic) bond motifs is 1. The van der Waals surface area contributed by atoms with Crippen LogP contribution in [0.25, 0.3) is 5.78 Å². The van der Waals surface area contributed by atoms with Crippen LogP contribution in [-0.4, -0.2) is 67.8 Å². The van der Waals surface area contributed by atoms with Crippen LogP contribution in [0.4, 0.5) is 29.3 Å². The van der Waals surface area contributed by atoms with Gasteiger partial charge in [-0.25, -0.2) is 4.79 Å². The number of nitrogens with one attached hydrogen (secondary N) is 1. The van der Waals surface area contributed by atoms with Gasteiger partial charge >= 0.3 is 18.3 Å². The number of piperazine rings is 1. The summed E-state index contributed by atoms with van der Waals surface area (Å²) in [5.74, 6) is -0.199. The molecule has 2 aromatic heterocycles. The Hall–Kier alpha value is -4.79. The zero-order valence-electron chi connectivity index (χ0n) is 26.1. The number of ether oxygens (including phenoxy) is 2. The molecule has 1 aliphatic heterocycles. The Morgan fingerprint density at radius 3 is 2.30 bits per heavy atom. The number of alkyl halides is 3. The van der Waals surface area contributed by atoms with Gasteiger partial charge in [0.2, 0.25) is 11.7 Å². The van der Waals surface area contributed by atoms with Crippen molar-refractivity contribution < 1.29 is 32.2 Å². The van der Waals surface area contributed by atoms with Crippen LogP contribution in [0.2, 0.25) is 5.02 Å². The second kappa shape index (κ2) is 13.1. The van der Waals surface area contributed by atoms with Gasteiger partial charge in [0.15, 0.2) is 0 Å². The number of benzene rings is 2. The molecule has 2 aromatic carbocycles. The molecule has 16 heteroatoms. The minimum Gasteiger partial charge on any atom is -0.444 e. The molecule has 1 N–H and O–H groups in total. The third-order valence-corrected chi connectivity index (χ3v) is 7.53. The Labute approximate surface area is 272 Å². The van der Waals surface area contributed by atoms with Crippen LogP contribution in [-0.2, 0) is 28.7 Å². The molecule has 3 heterocycles. The van der Waals surface area contributed by atoms with Crippen LogP contribution in [0.15, 0.2) is 53.3 Å². The van der Waals surface area contributed by atoms with Crippen molar-refractivity contribution in [2.24, 2.45) is 0 Å². The van der Waals surface area contributed by atoms with Crippen molar-refractivity contribution in [2.45, 2.75) is 52.4 Å². The fourth-order valence-electron chi connectivity index (χ4n) is 5.11. The first-order valence-corrected chi connectivity index (χ1v) is 15.2. The van der Waals surface area contributed by atoms with Crippen LogP contribution in [0, 0.1) is 0 Å². The molecule has 0 aliphatic carbocycles. The molecular weight excluding hydrogens is 643 g/mol. The van der Waals surface area contributed by atoms with Crippen LogP contribution < -0.4 is 20.5 Å². The van der Waals surface area contributed by atoms with Crippen molar-refractivity contribution in [3.05, 3.63) is 75.2 Å². The predicted molar refractivity (Wildman–Crippen MR) is 168 cm³/mol. The zero-order valence-corrected chi connectivity index (χ0v) is 26.9. The maximum absolute atomic E-state index is 14.0. The Morgan fingerprint density at radius 2 is 1.70 bits per heavy atom. The summed E-state index contributed by atoms with van der Waals surface area (Å²) in [5.41, 5.74) is -1.42. The highest BCUT2D eigenvalue weighted by molar-refractivity contribution is 6.33. The number of hydrogen-bond acceptors (Lipinski definition) is 8. The second-order valence-electron chi connectivity index (χ2n) is 11.8. The summed E-state index contributed by atoms with van der Waals surface area (Å²) < 4.78 is 53.3. The molecule has 0 atom stereocenters. The molecule has 0 saturated carbocycles. The predicted octanol–water partition coefficient (Wildman–Crippen LogP) is 5.61. The van der Waals surface area contributed by atoms with E-state index in [9.17, 15) is 27.6 Å². The van der Waals surface area contributed by atoms with Gasteiger partial charge < -0.3 is 29.2 Å². The SMILES string of the molecule is CCc1c(N2CCN(C(=O)OC(C)(C)C)CC2)c(=O)n2nc(Oc3ccccc3)nc2n1CC(=O)Nc1ccc(C(F)(F)F)cc1Cl. The van der Waals surface area contributed by atoms with Crippen LogP contribution in [0.5, 0.6) is 11.8 Å². The van der Waals surface area contributed by atoms with Gasteiger partial charge in [-0.05, 0) is 57.5 Å². The van der Waals surface area contributed by atoms with Crippen LogP contribution >= 0.6 is 11.6 Å². The maximum atomic E-state index is 14.0. The summed E-state index contributed by atoms with van der Waals surface area (Å²) in [6.07, 6.45) is -4.77. The van der Waals surface area contributed by atoms with Crippen molar-refractivity contribution >= 4 is 40.8 Å².